The van der Waals surface area contributed by atoms with E-state index in [0.717, 1.165) is 18.8 Å². The minimum Gasteiger partial charge on any atom is -0.308 e. The van der Waals surface area contributed by atoms with Gasteiger partial charge < -0.3 is 5.32 Å². The van der Waals surface area contributed by atoms with Crippen molar-refractivity contribution in [3.8, 4) is 0 Å². The van der Waals surface area contributed by atoms with Crippen molar-refractivity contribution < 1.29 is 8.42 Å². The highest BCUT2D eigenvalue weighted by Crippen LogP contribution is 2.33. The number of aromatic amines is 1. The summed E-state index contributed by atoms with van der Waals surface area (Å²) in [6.45, 7) is 2.78. The normalized spacial score (nSPS) is 19.1. The summed E-state index contributed by atoms with van der Waals surface area (Å²) in [5.74, 6) is 0.837. The van der Waals surface area contributed by atoms with E-state index < -0.39 is 10.0 Å². The van der Waals surface area contributed by atoms with Crippen molar-refractivity contribution in [1.82, 2.24) is 20.2 Å². The van der Waals surface area contributed by atoms with Crippen molar-refractivity contribution in [3.05, 3.63) is 11.4 Å². The fraction of sp³-hybridized carbons (Fsp3) is 0.786. The maximum Gasteiger partial charge on any atom is 0.244 e. The average Bonchev–Trinajstić information content (AvgIpc) is 3.33. The minimum atomic E-state index is -3.47. The molecule has 0 bridgehead atoms. The van der Waals surface area contributed by atoms with E-state index in [-0.39, 0.29) is 0 Å². The van der Waals surface area contributed by atoms with Crippen LogP contribution >= 0.6 is 0 Å². The van der Waals surface area contributed by atoms with Crippen molar-refractivity contribution in [3.63, 3.8) is 0 Å². The largest absolute Gasteiger partial charge is 0.308 e. The maximum atomic E-state index is 12.5. The van der Waals surface area contributed by atoms with Gasteiger partial charge in [-0.2, -0.15) is 5.10 Å². The number of nitrogens with one attached hydrogen (secondary N) is 3. The van der Waals surface area contributed by atoms with Gasteiger partial charge in [0.05, 0.1) is 11.4 Å². The summed E-state index contributed by atoms with van der Waals surface area (Å²) in [6.07, 6.45) is 7.00. The minimum absolute atomic E-state index is 0.321. The number of H-pyrrole nitrogens is 1. The molecule has 2 aliphatic carbocycles. The molecule has 6 nitrogen and oxygen atoms in total. The Morgan fingerprint density at radius 1 is 1.29 bits per heavy atom. The Kier molecular flexibility index (Phi) is 4.33. The molecule has 1 heterocycles. The van der Waals surface area contributed by atoms with E-state index in [9.17, 15) is 8.42 Å². The number of aryl methyl sites for hydroxylation is 1. The quantitative estimate of drug-likeness (QED) is 0.602. The first-order valence-corrected chi connectivity index (χ1v) is 9.31. The Morgan fingerprint density at radius 2 is 2.05 bits per heavy atom. The lowest BCUT2D eigenvalue weighted by Crippen LogP contribution is -2.27. The van der Waals surface area contributed by atoms with Crippen LogP contribution in [0.2, 0.25) is 0 Å². The molecule has 0 atom stereocenters. The molecular formula is C14H24N4O2S. The number of aromatic nitrogens is 2. The second-order valence-corrected chi connectivity index (χ2v) is 7.97. The van der Waals surface area contributed by atoms with Gasteiger partial charge in [0.1, 0.15) is 4.90 Å². The predicted octanol–water partition coefficient (Wildman–Crippen LogP) is 1.44. The molecule has 0 saturated heterocycles. The van der Waals surface area contributed by atoms with E-state index in [2.05, 4.69) is 20.2 Å². The zero-order chi connectivity index (χ0) is 14.9. The second-order valence-electron chi connectivity index (χ2n) is 6.26. The lowest BCUT2D eigenvalue weighted by atomic mass is 10.2. The number of hydrogen-bond donors (Lipinski definition) is 3. The van der Waals surface area contributed by atoms with E-state index in [1.807, 2.05) is 0 Å². The highest BCUT2D eigenvalue weighted by molar-refractivity contribution is 7.89. The molecule has 118 valence electrons. The molecule has 2 saturated carbocycles. The molecule has 0 radical (unpaired) electrons. The molecule has 0 aliphatic heterocycles. The molecule has 2 fully saturated rings. The molecule has 3 rings (SSSR count). The first-order chi connectivity index (χ1) is 10.1. The van der Waals surface area contributed by atoms with Gasteiger partial charge in [0, 0.05) is 19.1 Å². The van der Waals surface area contributed by atoms with Crippen LogP contribution in [0.1, 0.15) is 49.9 Å². The smallest absolute Gasteiger partial charge is 0.244 e. The van der Waals surface area contributed by atoms with Crippen LogP contribution in [0.5, 0.6) is 0 Å². The number of rotatable bonds is 9. The number of hydrogen-bond acceptors (Lipinski definition) is 4. The Morgan fingerprint density at radius 3 is 2.71 bits per heavy atom. The van der Waals surface area contributed by atoms with Gasteiger partial charge in [0.25, 0.3) is 0 Å². The highest BCUT2D eigenvalue weighted by Gasteiger charge is 2.27. The summed E-state index contributed by atoms with van der Waals surface area (Å²) in [5, 5.41) is 10.3. The average molecular weight is 312 g/mol. The molecule has 0 unspecified atom stereocenters. The van der Waals surface area contributed by atoms with Crippen LogP contribution in [0.15, 0.2) is 4.90 Å². The van der Waals surface area contributed by atoms with Gasteiger partial charge in [0.15, 0.2) is 0 Å². The summed E-state index contributed by atoms with van der Waals surface area (Å²) >= 11 is 0. The van der Waals surface area contributed by atoms with E-state index in [0.29, 0.717) is 35.4 Å². The standard InChI is InChI=1S/C14H24N4O2S/c1-10-14(13(18-17-10)9-15-12-6-7-12)21(19,20)16-8-2-3-11-4-5-11/h11-12,15-16H,2-9H2,1H3,(H,17,18). The molecule has 1 aromatic rings. The monoisotopic (exact) mass is 312 g/mol. The van der Waals surface area contributed by atoms with Crippen LogP contribution in [-0.2, 0) is 16.6 Å². The van der Waals surface area contributed by atoms with Crippen LogP contribution < -0.4 is 10.0 Å². The van der Waals surface area contributed by atoms with Crippen molar-refractivity contribution in [2.24, 2.45) is 5.92 Å². The zero-order valence-electron chi connectivity index (χ0n) is 12.5. The van der Waals surface area contributed by atoms with Crippen LogP contribution in [0.4, 0.5) is 0 Å². The molecule has 0 amide bonds. The second kappa shape index (κ2) is 6.06. The van der Waals surface area contributed by atoms with E-state index in [1.165, 1.54) is 25.7 Å². The Bertz CT molecular complexity index is 588. The molecule has 0 aromatic carbocycles. The topological polar surface area (TPSA) is 86.9 Å². The van der Waals surface area contributed by atoms with Crippen molar-refractivity contribution in [2.75, 3.05) is 6.54 Å². The summed E-state index contributed by atoms with van der Waals surface area (Å²) in [5.41, 5.74) is 1.20. The zero-order valence-corrected chi connectivity index (χ0v) is 13.3. The lowest BCUT2D eigenvalue weighted by molar-refractivity contribution is 0.569. The Balaban J connectivity index is 1.60. The summed E-state index contributed by atoms with van der Waals surface area (Å²) in [6, 6.07) is 0.532. The van der Waals surface area contributed by atoms with Crippen molar-refractivity contribution in [1.29, 1.82) is 0 Å². The maximum absolute atomic E-state index is 12.5. The predicted molar refractivity (Wildman–Crippen MR) is 80.3 cm³/mol. The summed E-state index contributed by atoms with van der Waals surface area (Å²) in [4.78, 5) is 0.321. The summed E-state index contributed by atoms with van der Waals surface area (Å²) in [7, 11) is -3.47. The third-order valence-corrected chi connectivity index (χ3v) is 5.81. The molecule has 1 aromatic heterocycles. The number of sulfonamides is 1. The van der Waals surface area contributed by atoms with Gasteiger partial charge in [-0.3, -0.25) is 5.10 Å². The fourth-order valence-electron chi connectivity index (χ4n) is 2.55. The lowest BCUT2D eigenvalue weighted by Gasteiger charge is -2.08. The third kappa shape index (κ3) is 4.05. The molecule has 2 aliphatic rings. The molecule has 21 heavy (non-hydrogen) atoms. The van der Waals surface area contributed by atoms with E-state index in [4.69, 9.17) is 0 Å². The Hall–Kier alpha value is -0.920. The van der Waals surface area contributed by atoms with Gasteiger partial charge in [-0.25, -0.2) is 13.1 Å². The van der Waals surface area contributed by atoms with Gasteiger partial charge in [-0.1, -0.05) is 12.8 Å². The molecule has 3 N–H and O–H groups in total. The number of nitrogens with zero attached hydrogens (tertiary/aromatic N) is 1. The van der Waals surface area contributed by atoms with Crippen molar-refractivity contribution >= 4 is 10.0 Å². The first kappa shape index (κ1) is 15.0. The third-order valence-electron chi connectivity index (χ3n) is 4.14. The van der Waals surface area contributed by atoms with Crippen molar-refractivity contribution in [2.45, 2.75) is 62.9 Å². The Labute approximate surface area is 126 Å². The van der Waals surface area contributed by atoms with Gasteiger partial charge in [-0.05, 0) is 38.5 Å². The van der Waals surface area contributed by atoms with E-state index in [1.54, 1.807) is 6.92 Å². The first-order valence-electron chi connectivity index (χ1n) is 7.83. The van der Waals surface area contributed by atoms with Gasteiger partial charge in [-0.15, -0.1) is 0 Å². The molecule has 0 spiro atoms. The van der Waals surface area contributed by atoms with Crippen LogP contribution in [0.3, 0.4) is 0 Å². The molecular weight excluding hydrogens is 288 g/mol. The van der Waals surface area contributed by atoms with Gasteiger partial charge in [0.2, 0.25) is 10.0 Å². The van der Waals surface area contributed by atoms with E-state index >= 15 is 0 Å². The van der Waals surface area contributed by atoms with Crippen LogP contribution in [0, 0.1) is 12.8 Å². The highest BCUT2D eigenvalue weighted by atomic mass is 32.2. The van der Waals surface area contributed by atoms with Crippen LogP contribution in [-0.4, -0.2) is 31.2 Å². The fourth-order valence-corrected chi connectivity index (χ4v) is 3.98. The van der Waals surface area contributed by atoms with Crippen LogP contribution in [0.25, 0.3) is 0 Å². The summed E-state index contributed by atoms with van der Waals surface area (Å²) < 4.78 is 27.6. The SMILES string of the molecule is Cc1[nH]nc(CNC2CC2)c1S(=O)(=O)NCCCC1CC1. The molecule has 7 heteroatoms. The van der Waals surface area contributed by atoms with Gasteiger partial charge >= 0.3 is 0 Å².